The number of likely N-dealkylation sites (N-methyl/N-ethyl adjacent to an activating group) is 1. The van der Waals surface area contributed by atoms with Gasteiger partial charge in [0.05, 0.1) is 5.56 Å². The Morgan fingerprint density at radius 1 is 0.949 bits per heavy atom. The Kier molecular flexibility index (Phi) is 9.04. The van der Waals surface area contributed by atoms with Gasteiger partial charge in [-0.2, -0.15) is 0 Å². The third-order valence-electron chi connectivity index (χ3n) is 6.55. The van der Waals surface area contributed by atoms with Crippen LogP contribution < -0.4 is 5.32 Å². The van der Waals surface area contributed by atoms with Crippen LogP contribution in [-0.4, -0.2) is 54.5 Å². The van der Waals surface area contributed by atoms with Gasteiger partial charge in [-0.1, -0.05) is 66.2 Å². The van der Waals surface area contributed by atoms with E-state index in [1.54, 1.807) is 36.4 Å². The van der Waals surface area contributed by atoms with Crippen LogP contribution in [0.3, 0.4) is 0 Å². The summed E-state index contributed by atoms with van der Waals surface area (Å²) < 4.78 is 26.6. The van der Waals surface area contributed by atoms with E-state index in [9.17, 15) is 22.8 Å². The molecule has 0 aliphatic carbocycles. The first-order valence-corrected chi connectivity index (χ1v) is 14.6. The highest BCUT2D eigenvalue weighted by Gasteiger charge is 2.40. The maximum absolute atomic E-state index is 13.7. The molecule has 3 amide bonds. The van der Waals surface area contributed by atoms with Gasteiger partial charge < -0.3 is 10.2 Å². The highest BCUT2D eigenvalue weighted by molar-refractivity contribution is 7.90. The van der Waals surface area contributed by atoms with Crippen molar-refractivity contribution in [2.75, 3.05) is 13.1 Å². The molecule has 8 nitrogen and oxygen atoms in total. The van der Waals surface area contributed by atoms with Gasteiger partial charge in [0.15, 0.2) is 0 Å². The molecule has 204 valence electrons. The molecule has 0 bridgehead atoms. The molecule has 1 atom stereocenters. The maximum atomic E-state index is 13.7. The van der Waals surface area contributed by atoms with E-state index >= 15 is 0 Å². The molecule has 3 aromatic carbocycles. The number of fused-ring (bicyclic) bond motifs is 1. The van der Waals surface area contributed by atoms with Gasteiger partial charge in [-0.25, -0.2) is 12.7 Å². The predicted molar refractivity (Wildman–Crippen MR) is 149 cm³/mol. The lowest BCUT2D eigenvalue weighted by atomic mass is 10.0. The third kappa shape index (κ3) is 6.49. The van der Waals surface area contributed by atoms with E-state index in [0.29, 0.717) is 18.0 Å². The molecule has 10 heteroatoms. The second-order valence-corrected chi connectivity index (χ2v) is 11.5. The van der Waals surface area contributed by atoms with Crippen molar-refractivity contribution in [3.05, 3.63) is 101 Å². The fraction of sp³-hybridized carbons (Fsp3) is 0.276. The van der Waals surface area contributed by atoms with Crippen molar-refractivity contribution in [3.8, 4) is 0 Å². The first-order valence-electron chi connectivity index (χ1n) is 12.7. The number of carbonyl (C=O) groups is 3. The fourth-order valence-electron chi connectivity index (χ4n) is 4.60. The van der Waals surface area contributed by atoms with Crippen molar-refractivity contribution in [3.63, 3.8) is 0 Å². The number of benzene rings is 3. The van der Waals surface area contributed by atoms with E-state index in [0.717, 1.165) is 15.4 Å². The largest absolute Gasteiger partial charge is 0.355 e. The SMILES string of the molecule is CCNC(=O)[C@@H](Cc1ccccc1)N(Cc1ccc(Cl)cc1)C(=O)CCCN1C(=O)c2ccccc2S1(=O)=O. The number of carbonyl (C=O) groups excluding carboxylic acids is 3. The molecule has 0 unspecified atom stereocenters. The van der Waals surface area contributed by atoms with Gasteiger partial charge in [0.25, 0.3) is 15.9 Å². The van der Waals surface area contributed by atoms with E-state index in [-0.39, 0.29) is 48.2 Å². The maximum Gasteiger partial charge on any atom is 0.269 e. The number of rotatable bonds is 11. The van der Waals surface area contributed by atoms with Crippen molar-refractivity contribution in [1.82, 2.24) is 14.5 Å². The van der Waals surface area contributed by atoms with Gasteiger partial charge in [0, 0.05) is 37.5 Å². The average molecular weight is 568 g/mol. The lowest BCUT2D eigenvalue weighted by Gasteiger charge is -2.31. The molecular weight excluding hydrogens is 538 g/mol. The first kappa shape index (κ1) is 28.3. The van der Waals surface area contributed by atoms with Crippen LogP contribution >= 0.6 is 11.6 Å². The summed E-state index contributed by atoms with van der Waals surface area (Å²) in [5.41, 5.74) is 1.82. The van der Waals surface area contributed by atoms with E-state index in [4.69, 9.17) is 11.6 Å². The van der Waals surface area contributed by atoms with Gasteiger partial charge in [0.1, 0.15) is 10.9 Å². The van der Waals surface area contributed by atoms with Gasteiger partial charge in [-0.15, -0.1) is 0 Å². The normalized spacial score (nSPS) is 14.5. The summed E-state index contributed by atoms with van der Waals surface area (Å²) in [4.78, 5) is 41.1. The summed E-state index contributed by atoms with van der Waals surface area (Å²) in [5.74, 6) is -1.20. The van der Waals surface area contributed by atoms with E-state index in [2.05, 4.69) is 5.32 Å². The van der Waals surface area contributed by atoms with Crippen LogP contribution in [0.25, 0.3) is 0 Å². The number of amides is 3. The molecule has 1 aliphatic rings. The molecule has 0 fully saturated rings. The average Bonchev–Trinajstić information content (AvgIpc) is 3.13. The van der Waals surface area contributed by atoms with E-state index in [1.807, 2.05) is 37.3 Å². The number of halogens is 1. The third-order valence-corrected chi connectivity index (χ3v) is 8.64. The molecule has 39 heavy (non-hydrogen) atoms. The quantitative estimate of drug-likeness (QED) is 0.377. The second kappa shape index (κ2) is 12.4. The van der Waals surface area contributed by atoms with Crippen LogP contribution in [0.1, 0.15) is 41.3 Å². The molecule has 0 saturated heterocycles. The molecule has 1 heterocycles. The topological polar surface area (TPSA) is 104 Å². The molecule has 3 aromatic rings. The van der Waals surface area contributed by atoms with Crippen LogP contribution in [-0.2, 0) is 32.6 Å². The summed E-state index contributed by atoms with van der Waals surface area (Å²) in [7, 11) is -3.96. The van der Waals surface area contributed by atoms with Crippen molar-refractivity contribution in [1.29, 1.82) is 0 Å². The molecule has 0 radical (unpaired) electrons. The van der Waals surface area contributed by atoms with Crippen molar-refractivity contribution >= 4 is 39.3 Å². The van der Waals surface area contributed by atoms with Gasteiger partial charge in [0.2, 0.25) is 11.8 Å². The summed E-state index contributed by atoms with van der Waals surface area (Å²) in [6.07, 6.45) is 0.372. The van der Waals surface area contributed by atoms with E-state index < -0.39 is 22.0 Å². The van der Waals surface area contributed by atoms with Crippen LogP contribution in [0.5, 0.6) is 0 Å². The molecule has 0 saturated carbocycles. The summed E-state index contributed by atoms with van der Waals surface area (Å²) in [6.45, 7) is 2.24. The van der Waals surface area contributed by atoms with Crippen LogP contribution in [0.4, 0.5) is 0 Å². The molecule has 0 aromatic heterocycles. The monoisotopic (exact) mass is 567 g/mol. The number of nitrogens with zero attached hydrogens (tertiary/aromatic N) is 2. The number of nitrogens with one attached hydrogen (secondary N) is 1. The summed E-state index contributed by atoms with van der Waals surface area (Å²) in [5, 5.41) is 3.39. The number of sulfonamides is 1. The zero-order chi connectivity index (χ0) is 28.0. The number of hydrogen-bond acceptors (Lipinski definition) is 5. The van der Waals surface area contributed by atoms with Gasteiger partial charge >= 0.3 is 0 Å². The van der Waals surface area contributed by atoms with Crippen molar-refractivity contribution in [2.45, 2.75) is 43.7 Å². The Bertz CT molecular complexity index is 1450. The Labute approximate surface area is 233 Å². The summed E-state index contributed by atoms with van der Waals surface area (Å²) in [6, 6.07) is 21.8. The highest BCUT2D eigenvalue weighted by Crippen LogP contribution is 2.30. The van der Waals surface area contributed by atoms with Gasteiger partial charge in [-0.3, -0.25) is 14.4 Å². The molecule has 4 rings (SSSR count). The molecular formula is C29H30ClN3O5S. The zero-order valence-electron chi connectivity index (χ0n) is 21.5. The van der Waals surface area contributed by atoms with Crippen LogP contribution in [0.15, 0.2) is 83.8 Å². The lowest BCUT2D eigenvalue weighted by Crippen LogP contribution is -2.50. The van der Waals surface area contributed by atoms with E-state index in [1.165, 1.54) is 17.0 Å². The minimum absolute atomic E-state index is 0.0233. The Balaban J connectivity index is 1.55. The van der Waals surface area contributed by atoms with Crippen LogP contribution in [0.2, 0.25) is 5.02 Å². The molecule has 0 spiro atoms. The summed E-state index contributed by atoms with van der Waals surface area (Å²) >= 11 is 6.05. The van der Waals surface area contributed by atoms with Crippen molar-refractivity contribution < 1.29 is 22.8 Å². The lowest BCUT2D eigenvalue weighted by molar-refractivity contribution is -0.141. The van der Waals surface area contributed by atoms with Gasteiger partial charge in [-0.05, 0) is 48.7 Å². The minimum Gasteiger partial charge on any atom is -0.355 e. The second-order valence-electron chi connectivity index (χ2n) is 9.23. The first-order chi connectivity index (χ1) is 18.7. The fourth-order valence-corrected chi connectivity index (χ4v) is 6.34. The van der Waals surface area contributed by atoms with Crippen molar-refractivity contribution in [2.24, 2.45) is 0 Å². The number of hydrogen-bond donors (Lipinski definition) is 1. The standard InChI is InChI=1S/C29H30ClN3O5S/c1-2-31-28(35)25(19-21-9-4-3-5-10-21)32(20-22-14-16-23(30)17-15-22)27(34)13-8-18-33-29(36)24-11-6-7-12-26(24)39(33,37)38/h3-7,9-12,14-17,25H,2,8,13,18-20H2,1H3,(H,31,35)/t25-/m1/s1. The zero-order valence-corrected chi connectivity index (χ0v) is 23.1. The smallest absolute Gasteiger partial charge is 0.269 e. The Morgan fingerprint density at radius 3 is 2.28 bits per heavy atom. The Hall–Kier alpha value is -3.69. The molecule has 1 aliphatic heterocycles. The Morgan fingerprint density at radius 2 is 1.62 bits per heavy atom. The highest BCUT2D eigenvalue weighted by atomic mass is 35.5. The van der Waals surface area contributed by atoms with Crippen LogP contribution in [0, 0.1) is 0 Å². The molecule has 1 N–H and O–H groups in total. The minimum atomic E-state index is -3.96. The predicted octanol–water partition coefficient (Wildman–Crippen LogP) is 4.04.